The van der Waals surface area contributed by atoms with Gasteiger partial charge in [0.1, 0.15) is 12.6 Å². The van der Waals surface area contributed by atoms with Crippen molar-refractivity contribution in [1.82, 2.24) is 14.8 Å². The van der Waals surface area contributed by atoms with Crippen LogP contribution in [0.4, 0.5) is 5.95 Å². The highest BCUT2D eigenvalue weighted by atomic mass is 79.9. The number of rotatable bonds is 8. The van der Waals surface area contributed by atoms with E-state index in [0.29, 0.717) is 50.1 Å². The van der Waals surface area contributed by atoms with Gasteiger partial charge in [0, 0.05) is 33.3 Å². The highest BCUT2D eigenvalue weighted by molar-refractivity contribution is 9.10. The molecule has 0 saturated heterocycles. The number of hydrogen-bond acceptors (Lipinski definition) is 7. The number of allylic oxidation sites excluding steroid dienone is 2. The molecule has 0 saturated carbocycles. The van der Waals surface area contributed by atoms with Gasteiger partial charge in [-0.05, 0) is 71.3 Å². The van der Waals surface area contributed by atoms with Crippen LogP contribution in [0.2, 0.25) is 10.0 Å². The summed E-state index contributed by atoms with van der Waals surface area (Å²) in [7, 11) is 0. The first-order chi connectivity index (χ1) is 17.9. The molecule has 0 bridgehead atoms. The first-order valence-electron chi connectivity index (χ1n) is 12.0. The topological polar surface area (TPSA) is 78.3 Å². The minimum atomic E-state index is -0.423. The zero-order valence-electron chi connectivity index (χ0n) is 20.3. The summed E-state index contributed by atoms with van der Waals surface area (Å²) in [5.41, 5.74) is 3.31. The Morgan fingerprint density at radius 1 is 1.19 bits per heavy atom. The second-order valence-corrected chi connectivity index (χ2v) is 11.5. The molecule has 1 atom stereocenters. The number of halogens is 3. The summed E-state index contributed by atoms with van der Waals surface area (Å²) in [5.74, 6) is 2.73. The van der Waals surface area contributed by atoms with E-state index in [2.05, 4.69) is 33.2 Å². The number of carbonyl (C=O) groups excluding carboxylic acids is 1. The van der Waals surface area contributed by atoms with E-state index < -0.39 is 6.04 Å². The van der Waals surface area contributed by atoms with E-state index in [1.54, 1.807) is 23.9 Å². The minimum absolute atomic E-state index is 0.122. The molecular formula is C26H25BrCl2N4O3S. The van der Waals surface area contributed by atoms with Crippen LogP contribution in [-0.2, 0) is 11.4 Å². The number of carbonyl (C=O) groups is 1. The second kappa shape index (κ2) is 11.3. The Labute approximate surface area is 238 Å². The van der Waals surface area contributed by atoms with Gasteiger partial charge in [-0.3, -0.25) is 4.79 Å². The number of fused-ring (bicyclic) bond motifs is 1. The molecular weight excluding hydrogens is 599 g/mol. The molecule has 0 fully saturated rings. The number of benzene rings is 2. The quantitative estimate of drug-likeness (QED) is 0.261. The van der Waals surface area contributed by atoms with Crippen molar-refractivity contribution in [3.05, 3.63) is 67.2 Å². The molecule has 5 rings (SSSR count). The lowest BCUT2D eigenvalue weighted by molar-refractivity contribution is -0.116. The molecule has 3 aromatic rings. The molecule has 1 aliphatic carbocycles. The molecule has 1 aliphatic heterocycles. The molecule has 0 spiro atoms. The summed E-state index contributed by atoms with van der Waals surface area (Å²) in [6.45, 7) is 4.66. The fourth-order valence-electron chi connectivity index (χ4n) is 4.57. The van der Waals surface area contributed by atoms with Gasteiger partial charge in [0.15, 0.2) is 17.3 Å². The third-order valence-electron chi connectivity index (χ3n) is 6.16. The van der Waals surface area contributed by atoms with Crippen LogP contribution in [0.1, 0.15) is 50.3 Å². The molecule has 1 N–H and O–H groups in total. The Kier molecular flexibility index (Phi) is 8.04. The number of thioether (sulfide) groups is 1. The van der Waals surface area contributed by atoms with Crippen molar-refractivity contribution < 1.29 is 14.3 Å². The summed E-state index contributed by atoms with van der Waals surface area (Å²) in [4.78, 5) is 17.9. The molecule has 1 aromatic heterocycles. The number of Topliss-reactive ketones (excluding diaryl/α,β-unsaturated/α-hetero) is 1. The standard InChI is InChI=1S/C26H25BrCl2N4O3S/c1-3-35-21-11-15(10-17(27)24(21)36-13-14-8-9-16(28)12-18(14)29)23-22-19(6-5-7-20(22)34)30-25-31-26(37-4-2)32-33(23)25/h8-12,23H,3-7,13H2,1-2H3,(H,30,31,32). The van der Waals surface area contributed by atoms with Crippen molar-refractivity contribution >= 4 is 62.6 Å². The molecule has 2 aromatic carbocycles. The van der Waals surface area contributed by atoms with E-state index in [1.807, 2.05) is 29.8 Å². The SMILES string of the molecule is CCOc1cc(C2C3=C(CCCC3=O)Nc3nc(SCC)nn32)cc(Br)c1OCc1ccc(Cl)cc1Cl. The van der Waals surface area contributed by atoms with E-state index in [0.717, 1.165) is 41.0 Å². The van der Waals surface area contributed by atoms with E-state index >= 15 is 0 Å². The molecule has 7 nitrogen and oxygen atoms in total. The fourth-order valence-corrected chi connectivity index (χ4v) is 6.16. The highest BCUT2D eigenvalue weighted by Crippen LogP contribution is 2.45. The third kappa shape index (κ3) is 5.37. The third-order valence-corrected chi connectivity index (χ3v) is 8.05. The number of ketones is 1. The summed E-state index contributed by atoms with van der Waals surface area (Å²) in [5, 5.41) is 9.89. The van der Waals surface area contributed by atoms with Gasteiger partial charge >= 0.3 is 0 Å². The molecule has 37 heavy (non-hydrogen) atoms. The maximum atomic E-state index is 13.2. The normalized spacial score (nSPS) is 16.8. The number of ether oxygens (including phenoxy) is 2. The van der Waals surface area contributed by atoms with Crippen LogP contribution in [0.15, 0.2) is 51.2 Å². The fraction of sp³-hybridized carbons (Fsp3) is 0.346. The van der Waals surface area contributed by atoms with Crippen molar-refractivity contribution in [3.63, 3.8) is 0 Å². The van der Waals surface area contributed by atoms with E-state index in [-0.39, 0.29) is 12.4 Å². The molecule has 194 valence electrons. The first-order valence-corrected chi connectivity index (χ1v) is 14.6. The van der Waals surface area contributed by atoms with Crippen molar-refractivity contribution in [3.8, 4) is 11.5 Å². The van der Waals surface area contributed by atoms with Crippen LogP contribution >= 0.6 is 50.9 Å². The lowest BCUT2D eigenvalue weighted by Crippen LogP contribution is -2.31. The first kappa shape index (κ1) is 26.4. The van der Waals surface area contributed by atoms with Crippen molar-refractivity contribution in [1.29, 1.82) is 0 Å². The molecule has 2 heterocycles. The predicted molar refractivity (Wildman–Crippen MR) is 150 cm³/mol. The van der Waals surface area contributed by atoms with Gasteiger partial charge in [0.2, 0.25) is 11.1 Å². The van der Waals surface area contributed by atoms with Crippen molar-refractivity contribution in [2.24, 2.45) is 0 Å². The van der Waals surface area contributed by atoms with Crippen LogP contribution < -0.4 is 14.8 Å². The van der Waals surface area contributed by atoms with Gasteiger partial charge in [-0.15, -0.1) is 5.10 Å². The maximum Gasteiger partial charge on any atom is 0.227 e. The Balaban J connectivity index is 1.56. The van der Waals surface area contributed by atoms with Gasteiger partial charge in [-0.2, -0.15) is 4.98 Å². The zero-order valence-corrected chi connectivity index (χ0v) is 24.2. The van der Waals surface area contributed by atoms with Crippen LogP contribution in [-0.4, -0.2) is 32.9 Å². The van der Waals surface area contributed by atoms with Crippen LogP contribution in [0, 0.1) is 0 Å². The number of nitrogens with one attached hydrogen (secondary N) is 1. The van der Waals surface area contributed by atoms with Crippen molar-refractivity contribution in [2.75, 3.05) is 17.7 Å². The molecule has 2 aliphatic rings. The lowest BCUT2D eigenvalue weighted by Gasteiger charge is -2.32. The van der Waals surface area contributed by atoms with Crippen LogP contribution in [0.3, 0.4) is 0 Å². The zero-order chi connectivity index (χ0) is 26.1. The monoisotopic (exact) mass is 622 g/mol. The second-order valence-electron chi connectivity index (χ2n) is 8.58. The Bertz CT molecular complexity index is 1390. The molecule has 0 amide bonds. The number of aromatic nitrogens is 3. The van der Waals surface area contributed by atoms with Gasteiger partial charge in [0.25, 0.3) is 0 Å². The Hall–Kier alpha value is -2.20. The Morgan fingerprint density at radius 3 is 2.78 bits per heavy atom. The summed E-state index contributed by atoms with van der Waals surface area (Å²) in [6, 6.07) is 8.76. The van der Waals surface area contributed by atoms with E-state index in [1.165, 1.54) is 0 Å². The largest absolute Gasteiger partial charge is 0.490 e. The van der Waals surface area contributed by atoms with Crippen LogP contribution in [0.5, 0.6) is 11.5 Å². The van der Waals surface area contributed by atoms with Crippen LogP contribution in [0.25, 0.3) is 0 Å². The van der Waals surface area contributed by atoms with Gasteiger partial charge in [0.05, 0.1) is 11.1 Å². The molecule has 11 heteroatoms. The average molecular weight is 624 g/mol. The molecule has 1 unspecified atom stereocenters. The lowest BCUT2D eigenvalue weighted by atomic mass is 9.85. The summed E-state index contributed by atoms with van der Waals surface area (Å²) >= 11 is 17.6. The predicted octanol–water partition coefficient (Wildman–Crippen LogP) is 7.46. The minimum Gasteiger partial charge on any atom is -0.490 e. The Morgan fingerprint density at radius 2 is 2.03 bits per heavy atom. The van der Waals surface area contributed by atoms with E-state index in [4.69, 9.17) is 37.8 Å². The number of hydrogen-bond donors (Lipinski definition) is 1. The number of anilines is 1. The van der Waals surface area contributed by atoms with Crippen molar-refractivity contribution in [2.45, 2.75) is 50.9 Å². The van der Waals surface area contributed by atoms with Gasteiger partial charge < -0.3 is 14.8 Å². The average Bonchev–Trinajstić information content (AvgIpc) is 3.25. The highest BCUT2D eigenvalue weighted by Gasteiger charge is 2.37. The molecule has 0 radical (unpaired) electrons. The van der Waals surface area contributed by atoms with Gasteiger partial charge in [-0.1, -0.05) is 48.0 Å². The number of nitrogens with zero attached hydrogens (tertiary/aromatic N) is 3. The smallest absolute Gasteiger partial charge is 0.227 e. The summed E-state index contributed by atoms with van der Waals surface area (Å²) < 4.78 is 14.7. The van der Waals surface area contributed by atoms with Gasteiger partial charge in [-0.25, -0.2) is 4.68 Å². The van der Waals surface area contributed by atoms with E-state index in [9.17, 15) is 4.79 Å². The maximum absolute atomic E-state index is 13.2. The summed E-state index contributed by atoms with van der Waals surface area (Å²) in [6.07, 6.45) is 2.12.